The first-order chi connectivity index (χ1) is 13.8. The quantitative estimate of drug-likeness (QED) is 0.686. The average Bonchev–Trinajstić information content (AvgIpc) is 2.78. The van der Waals surface area contributed by atoms with Crippen molar-refractivity contribution < 1.29 is 4.79 Å². The Morgan fingerprint density at radius 2 is 1.75 bits per heavy atom. The number of nitrogens with zero attached hydrogens (tertiary/aromatic N) is 3. The molecular formula is C24H25N3O. The smallest absolute Gasteiger partial charge is 0.253 e. The standard InChI is InChI=1S/C24H25N3O/c28-24(20-7-8-23-19(16-20)6-3-12-25-23)26-14-10-22(11-15-26)27-13-9-18-4-1-2-5-21(18)17-27/h1-8,12,16,22H,9-11,13-15,17H2. The molecule has 2 aliphatic rings. The predicted molar refractivity (Wildman–Crippen MR) is 111 cm³/mol. The van der Waals surface area contributed by atoms with Gasteiger partial charge in [-0.25, -0.2) is 0 Å². The summed E-state index contributed by atoms with van der Waals surface area (Å²) in [6.45, 7) is 3.86. The van der Waals surface area contributed by atoms with Crippen LogP contribution in [0.5, 0.6) is 0 Å². The number of carbonyl (C=O) groups is 1. The van der Waals surface area contributed by atoms with Crippen molar-refractivity contribution >= 4 is 16.8 Å². The maximum absolute atomic E-state index is 13.0. The van der Waals surface area contributed by atoms with Crippen molar-refractivity contribution in [2.24, 2.45) is 0 Å². The lowest BCUT2D eigenvalue weighted by molar-refractivity contribution is 0.0599. The van der Waals surface area contributed by atoms with E-state index in [1.807, 2.05) is 35.2 Å². The van der Waals surface area contributed by atoms with Gasteiger partial charge >= 0.3 is 0 Å². The minimum atomic E-state index is 0.146. The van der Waals surface area contributed by atoms with Crippen LogP contribution in [-0.2, 0) is 13.0 Å². The summed E-state index contributed by atoms with van der Waals surface area (Å²) in [6, 6.07) is 19.1. The maximum atomic E-state index is 13.0. The molecule has 0 atom stereocenters. The number of rotatable bonds is 2. The average molecular weight is 371 g/mol. The predicted octanol–water partition coefficient (Wildman–Crippen LogP) is 3.90. The summed E-state index contributed by atoms with van der Waals surface area (Å²) < 4.78 is 0. The van der Waals surface area contributed by atoms with Gasteiger partial charge in [0, 0.05) is 49.4 Å². The number of fused-ring (bicyclic) bond motifs is 2. The highest BCUT2D eigenvalue weighted by molar-refractivity contribution is 5.98. The molecule has 4 nitrogen and oxygen atoms in total. The molecule has 4 heteroatoms. The third-order valence-electron chi connectivity index (χ3n) is 6.28. The van der Waals surface area contributed by atoms with Crippen LogP contribution in [0.4, 0.5) is 0 Å². The molecule has 2 aliphatic heterocycles. The lowest BCUT2D eigenvalue weighted by Gasteiger charge is -2.40. The second-order valence-electron chi connectivity index (χ2n) is 7.92. The van der Waals surface area contributed by atoms with Crippen molar-refractivity contribution in [2.45, 2.75) is 31.8 Å². The van der Waals surface area contributed by atoms with E-state index in [0.717, 1.165) is 61.9 Å². The third kappa shape index (κ3) is 3.29. The van der Waals surface area contributed by atoms with Gasteiger partial charge in [-0.1, -0.05) is 30.3 Å². The maximum Gasteiger partial charge on any atom is 0.253 e. The zero-order valence-corrected chi connectivity index (χ0v) is 16.1. The van der Waals surface area contributed by atoms with E-state index < -0.39 is 0 Å². The Morgan fingerprint density at radius 3 is 2.61 bits per heavy atom. The second kappa shape index (κ2) is 7.36. The Kier molecular flexibility index (Phi) is 4.57. The second-order valence-corrected chi connectivity index (χ2v) is 7.92. The molecule has 0 aliphatic carbocycles. The molecule has 0 spiro atoms. The molecule has 0 saturated carbocycles. The van der Waals surface area contributed by atoms with Crippen molar-refractivity contribution in [3.05, 3.63) is 77.5 Å². The van der Waals surface area contributed by atoms with Crippen LogP contribution in [0.2, 0.25) is 0 Å². The van der Waals surface area contributed by atoms with Gasteiger partial charge in [-0.2, -0.15) is 0 Å². The largest absolute Gasteiger partial charge is 0.339 e. The normalized spacial score (nSPS) is 18.2. The van der Waals surface area contributed by atoms with Crippen LogP contribution in [-0.4, -0.2) is 46.4 Å². The van der Waals surface area contributed by atoms with Crippen molar-refractivity contribution in [2.75, 3.05) is 19.6 Å². The van der Waals surface area contributed by atoms with E-state index in [1.54, 1.807) is 6.20 Å². The van der Waals surface area contributed by atoms with Gasteiger partial charge in [-0.15, -0.1) is 0 Å². The van der Waals surface area contributed by atoms with E-state index in [4.69, 9.17) is 0 Å². The number of likely N-dealkylation sites (tertiary alicyclic amines) is 1. The van der Waals surface area contributed by atoms with Crippen LogP contribution in [0.25, 0.3) is 10.9 Å². The van der Waals surface area contributed by atoms with E-state index in [0.29, 0.717) is 6.04 Å². The first-order valence-electron chi connectivity index (χ1n) is 10.2. The first-order valence-corrected chi connectivity index (χ1v) is 10.2. The van der Waals surface area contributed by atoms with Gasteiger partial charge in [-0.3, -0.25) is 14.7 Å². The first kappa shape index (κ1) is 17.4. The summed E-state index contributed by atoms with van der Waals surface area (Å²) in [5.41, 5.74) is 4.67. The molecule has 0 radical (unpaired) electrons. The summed E-state index contributed by atoms with van der Waals surface area (Å²) >= 11 is 0. The Bertz CT molecular complexity index is 1010. The van der Waals surface area contributed by atoms with Gasteiger partial charge in [0.1, 0.15) is 0 Å². The molecule has 5 rings (SSSR count). The number of carbonyl (C=O) groups excluding carboxylic acids is 1. The fourth-order valence-corrected chi connectivity index (χ4v) is 4.65. The topological polar surface area (TPSA) is 36.4 Å². The number of piperidine rings is 1. The number of benzene rings is 2. The lowest BCUT2D eigenvalue weighted by atomic mass is 9.95. The highest BCUT2D eigenvalue weighted by atomic mass is 16.2. The minimum Gasteiger partial charge on any atom is -0.339 e. The molecule has 3 heterocycles. The molecule has 1 amide bonds. The molecule has 1 saturated heterocycles. The zero-order valence-electron chi connectivity index (χ0n) is 16.1. The van der Waals surface area contributed by atoms with Crippen LogP contribution in [0.3, 0.4) is 0 Å². The van der Waals surface area contributed by atoms with E-state index in [1.165, 1.54) is 11.1 Å². The molecule has 1 fully saturated rings. The summed E-state index contributed by atoms with van der Waals surface area (Å²) in [5, 5.41) is 1.02. The van der Waals surface area contributed by atoms with Crippen molar-refractivity contribution in [1.82, 2.24) is 14.8 Å². The number of hydrogen-bond donors (Lipinski definition) is 0. The van der Waals surface area contributed by atoms with E-state index >= 15 is 0 Å². The van der Waals surface area contributed by atoms with Crippen molar-refractivity contribution in [1.29, 1.82) is 0 Å². The van der Waals surface area contributed by atoms with E-state index in [9.17, 15) is 4.79 Å². The minimum absolute atomic E-state index is 0.146. The summed E-state index contributed by atoms with van der Waals surface area (Å²) in [7, 11) is 0. The number of pyridine rings is 1. The van der Waals surface area contributed by atoms with E-state index in [2.05, 4.69) is 34.1 Å². The summed E-state index contributed by atoms with van der Waals surface area (Å²) in [5.74, 6) is 0.146. The van der Waals surface area contributed by atoms with E-state index in [-0.39, 0.29) is 5.91 Å². The van der Waals surface area contributed by atoms with Crippen LogP contribution in [0.1, 0.15) is 34.3 Å². The number of hydrogen-bond acceptors (Lipinski definition) is 3. The lowest BCUT2D eigenvalue weighted by Crippen LogP contribution is -2.48. The SMILES string of the molecule is O=C(c1ccc2ncccc2c1)N1CCC(N2CCc3ccccc3C2)CC1. The van der Waals surface area contributed by atoms with Crippen LogP contribution in [0, 0.1) is 0 Å². The van der Waals surface area contributed by atoms with Crippen LogP contribution >= 0.6 is 0 Å². The molecular weight excluding hydrogens is 346 g/mol. The highest BCUT2D eigenvalue weighted by Gasteiger charge is 2.29. The molecule has 142 valence electrons. The molecule has 1 aromatic heterocycles. The monoisotopic (exact) mass is 371 g/mol. The fourth-order valence-electron chi connectivity index (χ4n) is 4.65. The van der Waals surface area contributed by atoms with Gasteiger partial charge in [0.05, 0.1) is 5.52 Å². The zero-order chi connectivity index (χ0) is 18.9. The third-order valence-corrected chi connectivity index (χ3v) is 6.28. The molecule has 0 unspecified atom stereocenters. The van der Waals surface area contributed by atoms with Crippen molar-refractivity contribution in [3.63, 3.8) is 0 Å². The Balaban J connectivity index is 1.23. The Morgan fingerprint density at radius 1 is 0.929 bits per heavy atom. The molecule has 2 aromatic carbocycles. The molecule has 3 aromatic rings. The molecule has 28 heavy (non-hydrogen) atoms. The summed E-state index contributed by atoms with van der Waals surface area (Å²) in [4.78, 5) is 22.0. The Hall–Kier alpha value is -2.72. The molecule has 0 N–H and O–H groups in total. The highest BCUT2D eigenvalue weighted by Crippen LogP contribution is 2.26. The van der Waals surface area contributed by atoms with Crippen LogP contribution < -0.4 is 0 Å². The summed E-state index contributed by atoms with van der Waals surface area (Å²) in [6.07, 6.45) is 5.04. The van der Waals surface area contributed by atoms with Gasteiger partial charge < -0.3 is 4.90 Å². The molecule has 0 bridgehead atoms. The van der Waals surface area contributed by atoms with Gasteiger partial charge in [-0.05, 0) is 54.7 Å². The van der Waals surface area contributed by atoms with Crippen LogP contribution in [0.15, 0.2) is 60.8 Å². The van der Waals surface area contributed by atoms with Gasteiger partial charge in [0.15, 0.2) is 0 Å². The fraction of sp³-hybridized carbons (Fsp3) is 0.333. The van der Waals surface area contributed by atoms with Gasteiger partial charge in [0.25, 0.3) is 5.91 Å². The van der Waals surface area contributed by atoms with Crippen molar-refractivity contribution in [3.8, 4) is 0 Å². The number of aromatic nitrogens is 1. The Labute approximate surface area is 165 Å². The van der Waals surface area contributed by atoms with Gasteiger partial charge in [0.2, 0.25) is 0 Å². The number of amides is 1.